The van der Waals surface area contributed by atoms with Gasteiger partial charge in [0.1, 0.15) is 10.9 Å². The summed E-state index contributed by atoms with van der Waals surface area (Å²) >= 11 is 1.49. The number of hydrogen-bond donors (Lipinski definition) is 2. The Labute approximate surface area is 88.0 Å². The van der Waals surface area contributed by atoms with E-state index in [0.717, 1.165) is 9.75 Å². The third-order valence-electron chi connectivity index (χ3n) is 1.88. The van der Waals surface area contributed by atoms with E-state index in [4.69, 9.17) is 10.4 Å². The number of nitrogens with zero attached hydrogens (tertiary/aromatic N) is 1. The molecule has 0 spiro atoms. The third kappa shape index (κ3) is 3.11. The van der Waals surface area contributed by atoms with Gasteiger partial charge in [-0.3, -0.25) is 0 Å². The summed E-state index contributed by atoms with van der Waals surface area (Å²) in [7, 11) is 0. The van der Waals surface area contributed by atoms with Crippen molar-refractivity contribution in [1.29, 1.82) is 5.26 Å². The van der Waals surface area contributed by atoms with E-state index >= 15 is 0 Å². The number of rotatable bonds is 4. The van der Waals surface area contributed by atoms with Gasteiger partial charge in [0.15, 0.2) is 0 Å². The summed E-state index contributed by atoms with van der Waals surface area (Å²) in [5.74, 6) is 0. The van der Waals surface area contributed by atoms with Crippen molar-refractivity contribution >= 4 is 11.3 Å². The maximum Gasteiger partial charge on any atom is 0.110 e. The van der Waals surface area contributed by atoms with Crippen LogP contribution in [-0.2, 0) is 0 Å². The van der Waals surface area contributed by atoms with E-state index in [-0.39, 0.29) is 12.1 Å². The highest BCUT2D eigenvalue weighted by atomic mass is 32.1. The van der Waals surface area contributed by atoms with Gasteiger partial charge in [-0.05, 0) is 26.0 Å². The highest BCUT2D eigenvalue weighted by Gasteiger charge is 2.08. The molecule has 0 aromatic carbocycles. The van der Waals surface area contributed by atoms with Gasteiger partial charge in [-0.1, -0.05) is 0 Å². The van der Waals surface area contributed by atoms with E-state index in [2.05, 4.69) is 11.4 Å². The highest BCUT2D eigenvalue weighted by molar-refractivity contribution is 7.12. The molecule has 0 aliphatic heterocycles. The second-order valence-electron chi connectivity index (χ2n) is 3.29. The summed E-state index contributed by atoms with van der Waals surface area (Å²) in [6.07, 6.45) is -0.340. The molecule has 2 unspecified atom stereocenters. The molecule has 1 aromatic rings. The quantitative estimate of drug-likeness (QED) is 0.794. The van der Waals surface area contributed by atoms with Crippen LogP contribution in [0, 0.1) is 11.3 Å². The Hall–Kier alpha value is -0.890. The molecule has 76 valence electrons. The lowest BCUT2D eigenvalue weighted by molar-refractivity contribution is 0.187. The normalized spacial score (nSPS) is 14.7. The number of aliphatic hydroxyl groups excluding tert-OH is 1. The van der Waals surface area contributed by atoms with Crippen molar-refractivity contribution in [2.45, 2.75) is 26.0 Å². The minimum absolute atomic E-state index is 0.191. The van der Waals surface area contributed by atoms with Crippen molar-refractivity contribution in [3.63, 3.8) is 0 Å². The minimum atomic E-state index is -0.340. The molecule has 14 heavy (non-hydrogen) atoms. The predicted octanol–water partition coefficient (Wildman–Crippen LogP) is 1.65. The molecule has 1 rings (SSSR count). The van der Waals surface area contributed by atoms with E-state index in [0.29, 0.717) is 6.54 Å². The Morgan fingerprint density at radius 3 is 2.79 bits per heavy atom. The van der Waals surface area contributed by atoms with Crippen LogP contribution in [0.5, 0.6) is 0 Å². The van der Waals surface area contributed by atoms with E-state index in [1.54, 1.807) is 6.92 Å². The molecule has 0 aliphatic carbocycles. The van der Waals surface area contributed by atoms with Crippen LogP contribution in [0.25, 0.3) is 0 Å². The van der Waals surface area contributed by atoms with Crippen molar-refractivity contribution < 1.29 is 5.11 Å². The number of aliphatic hydroxyl groups is 1. The molecule has 1 aromatic heterocycles. The first kappa shape index (κ1) is 11.2. The topological polar surface area (TPSA) is 56.0 Å². The lowest BCUT2D eigenvalue weighted by atomic mass is 10.2. The van der Waals surface area contributed by atoms with Crippen LogP contribution >= 0.6 is 11.3 Å². The minimum Gasteiger partial charge on any atom is -0.392 e. The fourth-order valence-corrected chi connectivity index (χ4v) is 1.93. The van der Waals surface area contributed by atoms with Crippen LogP contribution in [0.2, 0.25) is 0 Å². The van der Waals surface area contributed by atoms with Gasteiger partial charge in [0.05, 0.1) is 6.10 Å². The molecule has 0 amide bonds. The fourth-order valence-electron chi connectivity index (χ4n) is 1.09. The maximum atomic E-state index is 9.09. The molecule has 0 bridgehead atoms. The molecular weight excluding hydrogens is 196 g/mol. The molecule has 2 atom stereocenters. The van der Waals surface area contributed by atoms with Crippen LogP contribution in [0.3, 0.4) is 0 Å². The van der Waals surface area contributed by atoms with E-state index in [1.807, 2.05) is 19.1 Å². The standard InChI is InChI=1S/C10H14N2OS/c1-7(13)6-12-8(2)10-4-3-9(5-11)14-10/h3-4,7-8,12-13H,6H2,1-2H3. The van der Waals surface area contributed by atoms with Crippen LogP contribution in [0.15, 0.2) is 12.1 Å². The number of nitriles is 1. The zero-order valence-corrected chi connectivity index (χ0v) is 9.14. The summed E-state index contributed by atoms with van der Waals surface area (Å²) in [6, 6.07) is 6.07. The summed E-state index contributed by atoms with van der Waals surface area (Å²) < 4.78 is 0. The van der Waals surface area contributed by atoms with Gasteiger partial charge in [0.2, 0.25) is 0 Å². The van der Waals surface area contributed by atoms with Gasteiger partial charge in [0.25, 0.3) is 0 Å². The van der Waals surface area contributed by atoms with E-state index in [1.165, 1.54) is 11.3 Å². The lowest BCUT2D eigenvalue weighted by Crippen LogP contribution is -2.26. The Bertz CT molecular complexity index is 327. The van der Waals surface area contributed by atoms with Crippen LogP contribution in [0.1, 0.15) is 29.6 Å². The van der Waals surface area contributed by atoms with Crippen molar-refractivity contribution in [2.75, 3.05) is 6.54 Å². The van der Waals surface area contributed by atoms with Crippen LogP contribution < -0.4 is 5.32 Å². The Morgan fingerprint density at radius 1 is 1.57 bits per heavy atom. The maximum absolute atomic E-state index is 9.09. The summed E-state index contributed by atoms with van der Waals surface area (Å²) in [5.41, 5.74) is 0. The second kappa shape index (κ2) is 5.11. The third-order valence-corrected chi connectivity index (χ3v) is 3.06. The molecule has 0 radical (unpaired) electrons. The van der Waals surface area contributed by atoms with Gasteiger partial charge >= 0.3 is 0 Å². The van der Waals surface area contributed by atoms with Gasteiger partial charge in [-0.25, -0.2) is 0 Å². The molecular formula is C10H14N2OS. The molecule has 2 N–H and O–H groups in total. The van der Waals surface area contributed by atoms with Gasteiger partial charge in [0, 0.05) is 17.5 Å². The Balaban J connectivity index is 2.52. The second-order valence-corrected chi connectivity index (χ2v) is 4.41. The number of nitrogens with one attached hydrogen (secondary N) is 1. The van der Waals surface area contributed by atoms with Crippen molar-refractivity contribution in [3.05, 3.63) is 21.9 Å². The first-order valence-corrected chi connectivity index (χ1v) is 5.36. The molecule has 0 fully saturated rings. The van der Waals surface area contributed by atoms with E-state index in [9.17, 15) is 0 Å². The molecule has 0 saturated heterocycles. The average Bonchev–Trinajstić information content (AvgIpc) is 2.62. The average molecular weight is 210 g/mol. The van der Waals surface area contributed by atoms with Crippen LogP contribution in [-0.4, -0.2) is 17.8 Å². The fraction of sp³-hybridized carbons (Fsp3) is 0.500. The number of hydrogen-bond acceptors (Lipinski definition) is 4. The van der Waals surface area contributed by atoms with Gasteiger partial charge in [-0.2, -0.15) is 5.26 Å². The monoisotopic (exact) mass is 210 g/mol. The Kier molecular flexibility index (Phi) is 4.08. The van der Waals surface area contributed by atoms with Crippen molar-refractivity contribution in [1.82, 2.24) is 5.32 Å². The SMILES string of the molecule is CC(O)CNC(C)c1ccc(C#N)s1. The predicted molar refractivity (Wildman–Crippen MR) is 57.1 cm³/mol. The van der Waals surface area contributed by atoms with E-state index < -0.39 is 0 Å². The largest absolute Gasteiger partial charge is 0.392 e. The molecule has 0 saturated carbocycles. The van der Waals surface area contributed by atoms with Crippen molar-refractivity contribution in [2.24, 2.45) is 0 Å². The molecule has 4 heteroatoms. The molecule has 3 nitrogen and oxygen atoms in total. The summed E-state index contributed by atoms with van der Waals surface area (Å²) in [5, 5.41) is 20.9. The molecule has 0 aliphatic rings. The molecule has 1 heterocycles. The summed E-state index contributed by atoms with van der Waals surface area (Å²) in [6.45, 7) is 4.34. The van der Waals surface area contributed by atoms with Gasteiger partial charge < -0.3 is 10.4 Å². The lowest BCUT2D eigenvalue weighted by Gasteiger charge is -2.12. The smallest absolute Gasteiger partial charge is 0.110 e. The highest BCUT2D eigenvalue weighted by Crippen LogP contribution is 2.22. The summed E-state index contributed by atoms with van der Waals surface area (Å²) in [4.78, 5) is 1.85. The first-order chi connectivity index (χ1) is 6.63. The van der Waals surface area contributed by atoms with Crippen molar-refractivity contribution in [3.8, 4) is 6.07 Å². The number of thiophene rings is 1. The van der Waals surface area contributed by atoms with Crippen LogP contribution in [0.4, 0.5) is 0 Å². The van der Waals surface area contributed by atoms with Gasteiger partial charge in [-0.15, -0.1) is 11.3 Å². The zero-order chi connectivity index (χ0) is 10.6. The Morgan fingerprint density at radius 2 is 2.29 bits per heavy atom. The zero-order valence-electron chi connectivity index (χ0n) is 8.32. The first-order valence-electron chi connectivity index (χ1n) is 4.54.